The number of carbonyl (C=O) groups excluding carboxylic acids is 1. The Labute approximate surface area is 130 Å². The van der Waals surface area contributed by atoms with E-state index in [4.69, 9.17) is 0 Å². The molecule has 3 aromatic rings. The summed E-state index contributed by atoms with van der Waals surface area (Å²) in [7, 11) is 0. The van der Waals surface area contributed by atoms with Gasteiger partial charge in [-0.25, -0.2) is 4.39 Å². The molecule has 3 rings (SSSR count). The SMILES string of the molecule is O=C(N=Nc1c(O)[nH]c2cc(F)ccc12)c1ccc(Br)s1. The maximum absolute atomic E-state index is 13.1. The topological polar surface area (TPSA) is 77.8 Å². The maximum atomic E-state index is 13.1. The van der Waals surface area contributed by atoms with Gasteiger partial charge in [0, 0.05) is 5.39 Å². The van der Waals surface area contributed by atoms with Crippen molar-refractivity contribution in [2.75, 3.05) is 0 Å². The highest BCUT2D eigenvalue weighted by Crippen LogP contribution is 2.36. The first-order chi connectivity index (χ1) is 10.0. The van der Waals surface area contributed by atoms with Crippen LogP contribution in [0, 0.1) is 5.82 Å². The van der Waals surface area contributed by atoms with Crippen molar-refractivity contribution in [1.29, 1.82) is 0 Å². The zero-order chi connectivity index (χ0) is 15.0. The Morgan fingerprint density at radius 2 is 2.14 bits per heavy atom. The lowest BCUT2D eigenvalue weighted by Crippen LogP contribution is -1.87. The van der Waals surface area contributed by atoms with E-state index < -0.39 is 11.7 Å². The number of amides is 1. The number of azo groups is 1. The Bertz CT molecular complexity index is 872. The zero-order valence-electron chi connectivity index (χ0n) is 10.3. The molecule has 0 fully saturated rings. The molecule has 0 saturated carbocycles. The second kappa shape index (κ2) is 5.38. The first-order valence-electron chi connectivity index (χ1n) is 5.76. The summed E-state index contributed by atoms with van der Waals surface area (Å²) in [6, 6.07) is 7.29. The minimum atomic E-state index is -0.512. The van der Waals surface area contributed by atoms with E-state index in [1.54, 1.807) is 12.1 Å². The molecule has 1 aromatic carbocycles. The van der Waals surface area contributed by atoms with Crippen LogP contribution in [-0.4, -0.2) is 16.0 Å². The molecule has 106 valence electrons. The predicted octanol–water partition coefficient (Wildman–Crippen LogP) is 4.76. The summed E-state index contributed by atoms with van der Waals surface area (Å²) in [5.41, 5.74) is 0.488. The first kappa shape index (κ1) is 13.9. The van der Waals surface area contributed by atoms with Gasteiger partial charge in [-0.1, -0.05) is 0 Å². The van der Waals surface area contributed by atoms with Crippen LogP contribution in [0.15, 0.2) is 44.3 Å². The number of fused-ring (bicyclic) bond motifs is 1. The molecule has 8 heteroatoms. The van der Waals surface area contributed by atoms with Gasteiger partial charge in [-0.05, 0) is 46.3 Å². The smallest absolute Gasteiger partial charge is 0.305 e. The lowest BCUT2D eigenvalue weighted by Gasteiger charge is -1.91. The van der Waals surface area contributed by atoms with Crippen molar-refractivity contribution in [3.8, 4) is 5.88 Å². The molecule has 2 N–H and O–H groups in total. The fourth-order valence-corrected chi connectivity index (χ4v) is 3.08. The number of carbonyl (C=O) groups is 1. The molecule has 1 amide bonds. The monoisotopic (exact) mass is 367 g/mol. The Kier molecular flexibility index (Phi) is 3.56. The average molecular weight is 368 g/mol. The standard InChI is InChI=1S/C13H7BrFN3O2S/c14-10-4-3-9(21-10)12(19)18-17-11-7-2-1-6(15)5-8(7)16-13(11)20/h1-5,16,20H. The summed E-state index contributed by atoms with van der Waals surface area (Å²) in [6.45, 7) is 0. The summed E-state index contributed by atoms with van der Waals surface area (Å²) < 4.78 is 13.9. The van der Waals surface area contributed by atoms with E-state index in [0.717, 1.165) is 3.79 Å². The normalized spacial score (nSPS) is 11.5. The highest BCUT2D eigenvalue weighted by atomic mass is 79.9. The molecule has 0 radical (unpaired) electrons. The predicted molar refractivity (Wildman–Crippen MR) is 80.8 cm³/mol. The number of rotatable bonds is 2. The van der Waals surface area contributed by atoms with Crippen molar-refractivity contribution in [3.63, 3.8) is 0 Å². The van der Waals surface area contributed by atoms with Crippen molar-refractivity contribution in [2.45, 2.75) is 0 Å². The van der Waals surface area contributed by atoms with E-state index in [-0.39, 0.29) is 11.6 Å². The van der Waals surface area contributed by atoms with E-state index in [1.165, 1.54) is 29.5 Å². The first-order valence-corrected chi connectivity index (χ1v) is 7.37. The van der Waals surface area contributed by atoms with Gasteiger partial charge in [0.2, 0.25) is 5.88 Å². The molecule has 5 nitrogen and oxygen atoms in total. The summed E-state index contributed by atoms with van der Waals surface area (Å²) in [5.74, 6) is -1.21. The average Bonchev–Trinajstić information content (AvgIpc) is 2.99. The van der Waals surface area contributed by atoms with E-state index in [2.05, 4.69) is 31.1 Å². The van der Waals surface area contributed by atoms with E-state index >= 15 is 0 Å². The van der Waals surface area contributed by atoms with Gasteiger partial charge >= 0.3 is 5.91 Å². The van der Waals surface area contributed by atoms with Gasteiger partial charge < -0.3 is 10.1 Å². The molecule has 0 aliphatic heterocycles. The maximum Gasteiger partial charge on any atom is 0.305 e. The van der Waals surface area contributed by atoms with Gasteiger partial charge in [0.05, 0.1) is 14.2 Å². The molecule has 0 aliphatic rings. The third-order valence-electron chi connectivity index (χ3n) is 2.74. The minimum Gasteiger partial charge on any atom is -0.493 e. The summed E-state index contributed by atoms with van der Waals surface area (Å²) >= 11 is 4.49. The van der Waals surface area contributed by atoms with Crippen LogP contribution in [0.3, 0.4) is 0 Å². The van der Waals surface area contributed by atoms with Crippen LogP contribution in [-0.2, 0) is 0 Å². The molecule has 0 unspecified atom stereocenters. The second-order valence-electron chi connectivity index (χ2n) is 4.12. The van der Waals surface area contributed by atoms with Crippen molar-refractivity contribution in [2.24, 2.45) is 10.2 Å². The Hall–Kier alpha value is -2.06. The summed E-state index contributed by atoms with van der Waals surface area (Å²) in [5, 5.41) is 17.6. The third-order valence-corrected chi connectivity index (χ3v) is 4.35. The number of thiophene rings is 1. The van der Waals surface area contributed by atoms with E-state index in [0.29, 0.717) is 15.8 Å². The van der Waals surface area contributed by atoms with Crippen molar-refractivity contribution in [1.82, 2.24) is 4.98 Å². The van der Waals surface area contributed by atoms with Crippen molar-refractivity contribution >= 4 is 49.8 Å². The number of benzene rings is 1. The van der Waals surface area contributed by atoms with Gasteiger partial charge in [0.15, 0.2) is 5.69 Å². The lowest BCUT2D eigenvalue weighted by atomic mass is 10.2. The molecule has 2 aromatic heterocycles. The number of aromatic hydroxyl groups is 1. The van der Waals surface area contributed by atoms with Gasteiger partial charge in [-0.2, -0.15) is 0 Å². The number of aromatic amines is 1. The van der Waals surface area contributed by atoms with E-state index in [9.17, 15) is 14.3 Å². The number of nitrogens with one attached hydrogen (secondary N) is 1. The Morgan fingerprint density at radius 3 is 2.86 bits per heavy atom. The van der Waals surface area contributed by atoms with Gasteiger partial charge in [0.1, 0.15) is 5.82 Å². The summed E-state index contributed by atoms with van der Waals surface area (Å²) in [4.78, 5) is 14.8. The highest BCUT2D eigenvalue weighted by molar-refractivity contribution is 9.11. The van der Waals surface area contributed by atoms with Gasteiger partial charge in [-0.15, -0.1) is 21.6 Å². The number of nitrogens with zero attached hydrogens (tertiary/aromatic N) is 2. The fraction of sp³-hybridized carbons (Fsp3) is 0. The third kappa shape index (κ3) is 2.72. The fourth-order valence-electron chi connectivity index (χ4n) is 1.82. The number of halogens is 2. The van der Waals surface area contributed by atoms with Crippen LogP contribution < -0.4 is 0 Å². The number of hydrogen-bond acceptors (Lipinski definition) is 4. The zero-order valence-corrected chi connectivity index (χ0v) is 12.7. The Morgan fingerprint density at radius 1 is 1.33 bits per heavy atom. The Balaban J connectivity index is 1.96. The van der Waals surface area contributed by atoms with Crippen molar-refractivity contribution < 1.29 is 14.3 Å². The van der Waals surface area contributed by atoms with E-state index in [1.807, 2.05) is 0 Å². The minimum absolute atomic E-state index is 0.106. The highest BCUT2D eigenvalue weighted by Gasteiger charge is 2.12. The molecular weight excluding hydrogens is 361 g/mol. The number of hydrogen-bond donors (Lipinski definition) is 2. The number of aromatic nitrogens is 1. The molecule has 0 atom stereocenters. The molecule has 2 heterocycles. The van der Waals surface area contributed by atoms with Crippen LogP contribution in [0.2, 0.25) is 0 Å². The molecule has 0 spiro atoms. The molecular formula is C13H7BrFN3O2S. The molecule has 21 heavy (non-hydrogen) atoms. The molecule has 0 aliphatic carbocycles. The van der Waals surface area contributed by atoms with Gasteiger partial charge in [-0.3, -0.25) is 4.79 Å². The molecule has 0 saturated heterocycles. The summed E-state index contributed by atoms with van der Waals surface area (Å²) in [6.07, 6.45) is 0. The largest absolute Gasteiger partial charge is 0.493 e. The second-order valence-corrected chi connectivity index (χ2v) is 6.58. The van der Waals surface area contributed by atoms with Crippen LogP contribution in [0.4, 0.5) is 10.1 Å². The lowest BCUT2D eigenvalue weighted by molar-refractivity contribution is 0.0999. The van der Waals surface area contributed by atoms with Gasteiger partial charge in [0.25, 0.3) is 0 Å². The quantitative estimate of drug-likeness (QED) is 0.640. The van der Waals surface area contributed by atoms with Crippen LogP contribution in [0.1, 0.15) is 9.67 Å². The number of H-pyrrole nitrogens is 1. The molecule has 0 bridgehead atoms. The van der Waals surface area contributed by atoms with Crippen LogP contribution in [0.25, 0.3) is 10.9 Å². The van der Waals surface area contributed by atoms with Crippen LogP contribution in [0.5, 0.6) is 5.88 Å². The van der Waals surface area contributed by atoms with Crippen LogP contribution >= 0.6 is 27.3 Å². The van der Waals surface area contributed by atoms with Crippen molar-refractivity contribution in [3.05, 3.63) is 44.8 Å².